The molecule has 0 aromatic heterocycles. The average molecular weight is 119 g/mol. The Hall–Kier alpha value is -0.0951. The molecule has 0 aromatic carbocycles. The van der Waals surface area contributed by atoms with Crippen LogP contribution in [0.4, 0.5) is 0 Å². The van der Waals surface area contributed by atoms with Crippen molar-refractivity contribution in [2.75, 3.05) is 0 Å². The summed E-state index contributed by atoms with van der Waals surface area (Å²) in [5, 5.41) is 24.8. The minimum absolute atomic E-state index is 0.331. The highest BCUT2D eigenvalue weighted by Gasteiger charge is 2.09. The first-order valence-corrected chi connectivity index (χ1v) is 2.16. The van der Waals surface area contributed by atoms with E-state index in [1.165, 1.54) is 6.92 Å². The van der Waals surface area contributed by atoms with Crippen molar-refractivity contribution in [1.29, 1.82) is 0 Å². The Kier molecular flexibility index (Phi) is 3.81. The number of hydrogen-bond acceptors (Lipinski definition) is 4. The smallest absolute Gasteiger partial charge is 0.429 e. The Morgan fingerprint density at radius 3 is 2.12 bits per heavy atom. The number of hydrogen-bond donors (Lipinski definition) is 3. The molecule has 0 rings (SSSR count). The van der Waals surface area contributed by atoms with Crippen LogP contribution in [0.5, 0.6) is 0 Å². The average Bonchev–Trinajstić information content (AvgIpc) is 1.67. The third-order valence-corrected chi connectivity index (χ3v) is 0.613. The van der Waals surface area contributed by atoms with Crippen LogP contribution in [0.2, 0.25) is 0 Å². The Bertz CT molecular complexity index is 57.2. The summed E-state index contributed by atoms with van der Waals surface area (Å²) < 4.78 is 4.04. The molecule has 0 amide bonds. The summed E-state index contributed by atoms with van der Waals surface area (Å²) in [6.45, 7) is 1.34. The predicted molar refractivity (Wildman–Crippen MR) is 26.7 cm³/mol. The third kappa shape index (κ3) is 2.98. The van der Waals surface area contributed by atoms with Gasteiger partial charge in [0.15, 0.2) is 6.29 Å². The molecule has 3 N–H and O–H groups in total. The van der Waals surface area contributed by atoms with Crippen molar-refractivity contribution in [3.63, 3.8) is 0 Å². The molecule has 0 saturated carbocycles. The van der Waals surface area contributed by atoms with E-state index in [-0.39, 0.29) is 0 Å². The van der Waals surface area contributed by atoms with E-state index in [9.17, 15) is 0 Å². The van der Waals surface area contributed by atoms with Crippen LogP contribution in [0.15, 0.2) is 0 Å². The van der Waals surface area contributed by atoms with E-state index in [1.54, 1.807) is 0 Å². The Labute approximate surface area is 48.0 Å². The van der Waals surface area contributed by atoms with Gasteiger partial charge >= 0.3 is 7.69 Å². The summed E-state index contributed by atoms with van der Waals surface area (Å²) in [6.07, 6.45) is -2.32. The highest BCUT2D eigenvalue weighted by Crippen LogP contribution is 1.90. The van der Waals surface area contributed by atoms with E-state index in [0.29, 0.717) is 7.69 Å². The van der Waals surface area contributed by atoms with Crippen molar-refractivity contribution in [1.82, 2.24) is 0 Å². The SMILES string of the molecule is CC(O)C(O)O[B]O. The van der Waals surface area contributed by atoms with Gasteiger partial charge in [-0.25, -0.2) is 0 Å². The van der Waals surface area contributed by atoms with E-state index >= 15 is 0 Å². The molecule has 0 aliphatic rings. The molecule has 0 fully saturated rings. The van der Waals surface area contributed by atoms with Crippen molar-refractivity contribution in [3.05, 3.63) is 0 Å². The second-order valence-corrected chi connectivity index (χ2v) is 1.37. The molecule has 0 saturated heterocycles. The summed E-state index contributed by atoms with van der Waals surface area (Å²) in [5.74, 6) is 0. The number of aliphatic hydroxyl groups is 2. The van der Waals surface area contributed by atoms with Crippen LogP contribution in [0.1, 0.15) is 6.92 Å². The summed E-state index contributed by atoms with van der Waals surface area (Å²) in [5.41, 5.74) is 0. The van der Waals surface area contributed by atoms with Gasteiger partial charge in [0.25, 0.3) is 0 Å². The minimum atomic E-state index is -1.33. The lowest BCUT2D eigenvalue weighted by molar-refractivity contribution is -0.101. The summed E-state index contributed by atoms with van der Waals surface area (Å²) in [4.78, 5) is 0. The van der Waals surface area contributed by atoms with Gasteiger partial charge in [-0.2, -0.15) is 0 Å². The summed E-state index contributed by atoms with van der Waals surface area (Å²) >= 11 is 0. The number of rotatable bonds is 3. The van der Waals surface area contributed by atoms with E-state index in [1.807, 2.05) is 0 Å². The fourth-order valence-corrected chi connectivity index (χ4v) is 0.176. The van der Waals surface area contributed by atoms with Crippen LogP contribution < -0.4 is 0 Å². The zero-order chi connectivity index (χ0) is 6.57. The molecule has 2 unspecified atom stereocenters. The van der Waals surface area contributed by atoms with Crippen LogP contribution in [0.25, 0.3) is 0 Å². The van der Waals surface area contributed by atoms with E-state index in [0.717, 1.165) is 0 Å². The highest BCUT2D eigenvalue weighted by molar-refractivity contribution is 6.15. The van der Waals surface area contributed by atoms with Crippen LogP contribution in [-0.4, -0.2) is 35.3 Å². The molecule has 1 radical (unpaired) electrons. The van der Waals surface area contributed by atoms with Crippen LogP contribution in [-0.2, 0) is 4.65 Å². The Morgan fingerprint density at radius 1 is 1.50 bits per heavy atom. The first kappa shape index (κ1) is 7.90. The quantitative estimate of drug-likeness (QED) is 0.303. The van der Waals surface area contributed by atoms with Crippen molar-refractivity contribution in [2.45, 2.75) is 19.3 Å². The largest absolute Gasteiger partial charge is 0.487 e. The zero-order valence-electron chi connectivity index (χ0n) is 4.48. The molecular weight excluding hydrogens is 111 g/mol. The van der Waals surface area contributed by atoms with Crippen molar-refractivity contribution in [3.8, 4) is 0 Å². The zero-order valence-corrected chi connectivity index (χ0v) is 4.48. The lowest BCUT2D eigenvalue weighted by Gasteiger charge is -2.10. The maximum atomic E-state index is 8.46. The molecular formula is C3H8BO4. The minimum Gasteiger partial charge on any atom is -0.429 e. The van der Waals surface area contributed by atoms with E-state index in [2.05, 4.69) is 4.65 Å². The fraction of sp³-hybridized carbons (Fsp3) is 1.00. The summed E-state index contributed by atoms with van der Waals surface area (Å²) in [6, 6.07) is 0. The molecule has 47 valence electrons. The van der Waals surface area contributed by atoms with Crippen LogP contribution >= 0.6 is 0 Å². The first-order valence-electron chi connectivity index (χ1n) is 2.16. The van der Waals surface area contributed by atoms with E-state index in [4.69, 9.17) is 15.2 Å². The molecule has 4 nitrogen and oxygen atoms in total. The number of aliphatic hydroxyl groups excluding tert-OH is 2. The van der Waals surface area contributed by atoms with Crippen molar-refractivity contribution in [2.24, 2.45) is 0 Å². The van der Waals surface area contributed by atoms with Crippen molar-refractivity contribution < 1.29 is 19.9 Å². The molecule has 0 spiro atoms. The molecule has 0 aliphatic carbocycles. The first-order chi connectivity index (χ1) is 3.68. The van der Waals surface area contributed by atoms with Gasteiger partial charge in [-0.1, -0.05) is 0 Å². The highest BCUT2D eigenvalue weighted by atomic mass is 16.6. The lowest BCUT2D eigenvalue weighted by Crippen LogP contribution is -2.27. The van der Waals surface area contributed by atoms with Gasteiger partial charge < -0.3 is 19.9 Å². The molecule has 2 atom stereocenters. The molecule has 0 aromatic rings. The second kappa shape index (κ2) is 3.85. The second-order valence-electron chi connectivity index (χ2n) is 1.37. The van der Waals surface area contributed by atoms with E-state index < -0.39 is 12.4 Å². The van der Waals surface area contributed by atoms with Crippen LogP contribution in [0.3, 0.4) is 0 Å². The lowest BCUT2D eigenvalue weighted by atomic mass is 10.3. The predicted octanol–water partition coefficient (Wildman–Crippen LogP) is -1.77. The third-order valence-electron chi connectivity index (χ3n) is 0.613. The topological polar surface area (TPSA) is 69.9 Å². The Morgan fingerprint density at radius 2 is 2.00 bits per heavy atom. The van der Waals surface area contributed by atoms with Gasteiger partial charge in [-0.15, -0.1) is 0 Å². The van der Waals surface area contributed by atoms with Gasteiger partial charge in [0, 0.05) is 0 Å². The van der Waals surface area contributed by atoms with Gasteiger partial charge in [0.2, 0.25) is 0 Å². The van der Waals surface area contributed by atoms with Crippen LogP contribution in [0, 0.1) is 0 Å². The van der Waals surface area contributed by atoms with Gasteiger partial charge in [-0.05, 0) is 6.92 Å². The standard InChI is InChI=1S/C3H8BO4/c1-2(5)3(6)8-4-7/h2-3,5-7H,1H3. The normalized spacial score (nSPS) is 17.5. The molecule has 8 heavy (non-hydrogen) atoms. The fourth-order valence-electron chi connectivity index (χ4n) is 0.176. The van der Waals surface area contributed by atoms with Gasteiger partial charge in [0.1, 0.15) is 6.10 Å². The maximum absolute atomic E-state index is 8.46. The molecule has 0 heterocycles. The maximum Gasteiger partial charge on any atom is 0.487 e. The molecule has 0 aliphatic heterocycles. The molecule has 5 heteroatoms. The van der Waals surface area contributed by atoms with Gasteiger partial charge in [-0.3, -0.25) is 0 Å². The Balaban J connectivity index is 3.17. The monoisotopic (exact) mass is 119 g/mol. The van der Waals surface area contributed by atoms with Crippen molar-refractivity contribution >= 4 is 7.69 Å². The molecule has 0 bridgehead atoms. The van der Waals surface area contributed by atoms with Gasteiger partial charge in [0.05, 0.1) is 0 Å². The summed E-state index contributed by atoms with van der Waals surface area (Å²) in [7, 11) is 0.331.